The zero-order chi connectivity index (χ0) is 12.8. The molecule has 0 saturated heterocycles. The Labute approximate surface area is 105 Å². The van der Waals surface area contributed by atoms with Crippen LogP contribution in [0.15, 0.2) is 18.2 Å². The highest BCUT2D eigenvalue weighted by molar-refractivity contribution is 5.36. The van der Waals surface area contributed by atoms with Gasteiger partial charge in [-0.15, -0.1) is 0 Å². The lowest BCUT2D eigenvalue weighted by molar-refractivity contribution is 0.189. The summed E-state index contributed by atoms with van der Waals surface area (Å²) in [5, 5.41) is 3.43. The molecule has 1 N–H and O–H groups in total. The van der Waals surface area contributed by atoms with Crippen LogP contribution >= 0.6 is 0 Å². The van der Waals surface area contributed by atoms with Gasteiger partial charge < -0.3 is 10.1 Å². The Bertz CT molecular complexity index is 347. The maximum Gasteiger partial charge on any atom is 0.122 e. The molecule has 2 nitrogen and oxygen atoms in total. The minimum absolute atomic E-state index is 0.248. The SMILES string of the molecule is CCC(CNC(C)C)Oc1cc(C)ccc1C. The molecular weight excluding hydrogens is 210 g/mol. The molecule has 0 aromatic heterocycles. The highest BCUT2D eigenvalue weighted by Crippen LogP contribution is 2.21. The predicted molar refractivity (Wildman–Crippen MR) is 73.8 cm³/mol. The van der Waals surface area contributed by atoms with Crippen LogP contribution in [0.3, 0.4) is 0 Å². The lowest BCUT2D eigenvalue weighted by Crippen LogP contribution is -2.35. The van der Waals surface area contributed by atoms with Gasteiger partial charge in [0.1, 0.15) is 11.9 Å². The smallest absolute Gasteiger partial charge is 0.122 e. The van der Waals surface area contributed by atoms with Crippen LogP contribution in [0.1, 0.15) is 38.3 Å². The molecule has 0 aliphatic rings. The highest BCUT2D eigenvalue weighted by atomic mass is 16.5. The average Bonchev–Trinajstić information content (AvgIpc) is 2.28. The molecule has 0 radical (unpaired) electrons. The first-order valence-electron chi connectivity index (χ1n) is 6.50. The molecule has 1 atom stereocenters. The van der Waals surface area contributed by atoms with Crippen molar-refractivity contribution < 1.29 is 4.74 Å². The normalized spacial score (nSPS) is 12.8. The maximum atomic E-state index is 6.06. The summed E-state index contributed by atoms with van der Waals surface area (Å²) in [5.74, 6) is 1.02. The zero-order valence-corrected chi connectivity index (χ0v) is 11.7. The molecule has 0 saturated carbocycles. The van der Waals surface area contributed by atoms with Crippen molar-refractivity contribution >= 4 is 0 Å². The van der Waals surface area contributed by atoms with Crippen LogP contribution in [-0.2, 0) is 0 Å². The minimum Gasteiger partial charge on any atom is -0.489 e. The number of ether oxygens (including phenoxy) is 1. The van der Waals surface area contributed by atoms with E-state index in [1.807, 2.05) is 0 Å². The fourth-order valence-corrected chi connectivity index (χ4v) is 1.65. The Hall–Kier alpha value is -1.02. The Morgan fingerprint density at radius 3 is 2.53 bits per heavy atom. The van der Waals surface area contributed by atoms with Gasteiger partial charge in [0.25, 0.3) is 0 Å². The van der Waals surface area contributed by atoms with Crippen molar-refractivity contribution in [2.24, 2.45) is 0 Å². The second-order valence-electron chi connectivity index (χ2n) is 4.98. The van der Waals surface area contributed by atoms with Crippen LogP contribution in [0.25, 0.3) is 0 Å². The van der Waals surface area contributed by atoms with E-state index in [0.717, 1.165) is 18.7 Å². The van der Waals surface area contributed by atoms with Crippen molar-refractivity contribution in [3.63, 3.8) is 0 Å². The first kappa shape index (κ1) is 14.0. The monoisotopic (exact) mass is 235 g/mol. The van der Waals surface area contributed by atoms with Crippen molar-refractivity contribution in [1.29, 1.82) is 0 Å². The molecule has 96 valence electrons. The molecule has 0 aliphatic heterocycles. The van der Waals surface area contributed by atoms with Crippen LogP contribution in [-0.4, -0.2) is 18.7 Å². The summed E-state index contributed by atoms with van der Waals surface area (Å²) in [6.45, 7) is 11.6. The fraction of sp³-hybridized carbons (Fsp3) is 0.600. The Morgan fingerprint density at radius 2 is 1.94 bits per heavy atom. The van der Waals surface area contributed by atoms with E-state index in [2.05, 4.69) is 58.1 Å². The molecule has 0 spiro atoms. The highest BCUT2D eigenvalue weighted by Gasteiger charge is 2.10. The zero-order valence-electron chi connectivity index (χ0n) is 11.7. The van der Waals surface area contributed by atoms with Crippen molar-refractivity contribution in [1.82, 2.24) is 5.32 Å². The fourth-order valence-electron chi connectivity index (χ4n) is 1.65. The topological polar surface area (TPSA) is 21.3 Å². The molecule has 2 heteroatoms. The summed E-state index contributed by atoms with van der Waals surface area (Å²) < 4.78 is 6.06. The summed E-state index contributed by atoms with van der Waals surface area (Å²) in [6, 6.07) is 6.86. The summed E-state index contributed by atoms with van der Waals surface area (Å²) in [5.41, 5.74) is 2.45. The van der Waals surface area contributed by atoms with Crippen molar-refractivity contribution in [3.8, 4) is 5.75 Å². The minimum atomic E-state index is 0.248. The van der Waals surface area contributed by atoms with E-state index < -0.39 is 0 Å². The standard InChI is InChI=1S/C15H25NO/c1-6-14(10-16-11(2)3)17-15-9-12(4)7-8-13(15)5/h7-9,11,14,16H,6,10H2,1-5H3. The summed E-state index contributed by atoms with van der Waals surface area (Å²) in [4.78, 5) is 0. The van der Waals surface area contributed by atoms with Gasteiger partial charge in [-0.25, -0.2) is 0 Å². The maximum absolute atomic E-state index is 6.06. The predicted octanol–water partition coefficient (Wildman–Crippen LogP) is 3.46. The summed E-state index contributed by atoms with van der Waals surface area (Å²) in [7, 11) is 0. The van der Waals surface area contributed by atoms with Gasteiger partial charge in [0, 0.05) is 12.6 Å². The summed E-state index contributed by atoms with van der Waals surface area (Å²) >= 11 is 0. The molecule has 0 bridgehead atoms. The van der Waals surface area contributed by atoms with Gasteiger partial charge >= 0.3 is 0 Å². The average molecular weight is 235 g/mol. The van der Waals surface area contributed by atoms with E-state index in [1.54, 1.807) is 0 Å². The number of benzene rings is 1. The van der Waals surface area contributed by atoms with Gasteiger partial charge in [0.2, 0.25) is 0 Å². The molecular formula is C15H25NO. The van der Waals surface area contributed by atoms with Crippen LogP contribution < -0.4 is 10.1 Å². The van der Waals surface area contributed by atoms with E-state index in [9.17, 15) is 0 Å². The van der Waals surface area contributed by atoms with Crippen molar-refractivity contribution in [2.45, 2.75) is 53.2 Å². The number of hydrogen-bond acceptors (Lipinski definition) is 2. The molecule has 1 aromatic carbocycles. The van der Waals surface area contributed by atoms with Crippen molar-refractivity contribution in [2.75, 3.05) is 6.54 Å². The van der Waals surface area contributed by atoms with E-state index in [0.29, 0.717) is 6.04 Å². The molecule has 0 aliphatic carbocycles. The Morgan fingerprint density at radius 1 is 1.24 bits per heavy atom. The first-order valence-corrected chi connectivity index (χ1v) is 6.50. The summed E-state index contributed by atoms with van der Waals surface area (Å²) in [6.07, 6.45) is 1.27. The van der Waals surface area contributed by atoms with Gasteiger partial charge in [0.05, 0.1) is 0 Å². The van der Waals surface area contributed by atoms with E-state index in [-0.39, 0.29) is 6.10 Å². The Kier molecular flexibility index (Phi) is 5.49. The van der Waals surface area contributed by atoms with Gasteiger partial charge in [-0.1, -0.05) is 32.9 Å². The van der Waals surface area contributed by atoms with Crippen LogP contribution in [0, 0.1) is 13.8 Å². The Balaban J connectivity index is 2.63. The van der Waals surface area contributed by atoms with E-state index in [1.165, 1.54) is 11.1 Å². The number of nitrogens with one attached hydrogen (secondary N) is 1. The number of rotatable bonds is 6. The van der Waals surface area contributed by atoms with Gasteiger partial charge in [0.15, 0.2) is 0 Å². The lowest BCUT2D eigenvalue weighted by Gasteiger charge is -2.21. The van der Waals surface area contributed by atoms with E-state index >= 15 is 0 Å². The van der Waals surface area contributed by atoms with Crippen LogP contribution in [0.5, 0.6) is 5.75 Å². The van der Waals surface area contributed by atoms with E-state index in [4.69, 9.17) is 4.74 Å². The largest absolute Gasteiger partial charge is 0.489 e. The quantitative estimate of drug-likeness (QED) is 0.815. The molecule has 0 fully saturated rings. The molecule has 1 unspecified atom stereocenters. The lowest BCUT2D eigenvalue weighted by atomic mass is 10.1. The molecule has 0 amide bonds. The molecule has 17 heavy (non-hydrogen) atoms. The first-order chi connectivity index (χ1) is 8.02. The van der Waals surface area contributed by atoms with Gasteiger partial charge in [-0.3, -0.25) is 0 Å². The van der Waals surface area contributed by atoms with Gasteiger partial charge in [-0.2, -0.15) is 0 Å². The third kappa shape index (κ3) is 4.78. The van der Waals surface area contributed by atoms with Gasteiger partial charge in [-0.05, 0) is 37.5 Å². The second-order valence-corrected chi connectivity index (χ2v) is 4.98. The number of aryl methyl sites for hydroxylation is 2. The molecule has 1 rings (SSSR count). The third-order valence-corrected chi connectivity index (χ3v) is 2.85. The number of hydrogen-bond donors (Lipinski definition) is 1. The third-order valence-electron chi connectivity index (χ3n) is 2.85. The van der Waals surface area contributed by atoms with Crippen LogP contribution in [0.4, 0.5) is 0 Å². The molecule has 1 aromatic rings. The second kappa shape index (κ2) is 6.65. The van der Waals surface area contributed by atoms with Crippen LogP contribution in [0.2, 0.25) is 0 Å². The molecule has 0 heterocycles. The van der Waals surface area contributed by atoms with Crippen molar-refractivity contribution in [3.05, 3.63) is 29.3 Å².